The molecule has 1 amide bonds. The van der Waals surface area contributed by atoms with E-state index in [1.807, 2.05) is 0 Å². The standard InChI is InChI=1S/C17H26N2O5/c1-10-14(11(2)18-15(10)17(22)24-6)16(21)12(3)19(13(4)20)8-7-9-23-5/h12,18H,7-9H2,1-6H3. The number of H-pyrrole nitrogens is 1. The molecule has 1 N–H and O–H groups in total. The third-order valence-electron chi connectivity index (χ3n) is 4.07. The van der Waals surface area contributed by atoms with Crippen LogP contribution < -0.4 is 0 Å². The Balaban J connectivity index is 3.09. The number of nitrogens with zero attached hydrogens (tertiary/aromatic N) is 1. The number of amides is 1. The minimum absolute atomic E-state index is 0.175. The minimum atomic E-state index is -0.627. The number of aromatic amines is 1. The molecule has 0 aliphatic heterocycles. The van der Waals surface area contributed by atoms with E-state index in [0.717, 1.165) is 0 Å². The molecule has 0 radical (unpaired) electrons. The van der Waals surface area contributed by atoms with Gasteiger partial charge in [0.05, 0.1) is 13.2 Å². The van der Waals surface area contributed by atoms with Crippen LogP contribution >= 0.6 is 0 Å². The van der Waals surface area contributed by atoms with Crippen molar-refractivity contribution in [3.8, 4) is 0 Å². The summed E-state index contributed by atoms with van der Waals surface area (Å²) in [7, 11) is 2.88. The minimum Gasteiger partial charge on any atom is -0.464 e. The maximum atomic E-state index is 12.9. The number of carbonyl (C=O) groups excluding carboxylic acids is 3. The quantitative estimate of drug-likeness (QED) is 0.444. The third-order valence-corrected chi connectivity index (χ3v) is 4.07. The number of aromatic nitrogens is 1. The number of nitrogens with one attached hydrogen (secondary N) is 1. The van der Waals surface area contributed by atoms with Gasteiger partial charge in [-0.1, -0.05) is 0 Å². The lowest BCUT2D eigenvalue weighted by molar-refractivity contribution is -0.130. The zero-order valence-electron chi connectivity index (χ0n) is 15.2. The molecule has 1 aromatic rings. The Hall–Kier alpha value is -2.15. The Labute approximate surface area is 142 Å². The first kappa shape index (κ1) is 19.9. The molecule has 0 saturated heterocycles. The van der Waals surface area contributed by atoms with Gasteiger partial charge in [-0.25, -0.2) is 4.79 Å². The van der Waals surface area contributed by atoms with Crippen LogP contribution in [0.4, 0.5) is 0 Å². The predicted molar refractivity (Wildman–Crippen MR) is 89.3 cm³/mol. The number of rotatable bonds is 8. The summed E-state index contributed by atoms with van der Waals surface area (Å²) < 4.78 is 9.71. The van der Waals surface area contributed by atoms with Crippen molar-refractivity contribution in [1.82, 2.24) is 9.88 Å². The van der Waals surface area contributed by atoms with Crippen molar-refractivity contribution < 1.29 is 23.9 Å². The van der Waals surface area contributed by atoms with Crippen LogP contribution in [0.2, 0.25) is 0 Å². The largest absolute Gasteiger partial charge is 0.464 e. The van der Waals surface area contributed by atoms with Gasteiger partial charge in [-0.2, -0.15) is 0 Å². The van der Waals surface area contributed by atoms with Gasteiger partial charge in [0.25, 0.3) is 0 Å². The molecule has 0 bridgehead atoms. The Morgan fingerprint density at radius 1 is 1.21 bits per heavy atom. The lowest BCUT2D eigenvalue weighted by Crippen LogP contribution is -2.43. The summed E-state index contributed by atoms with van der Waals surface area (Å²) in [5.74, 6) is -0.902. The second-order valence-corrected chi connectivity index (χ2v) is 5.72. The first-order valence-electron chi connectivity index (χ1n) is 7.84. The Kier molecular flexibility index (Phi) is 7.16. The zero-order valence-corrected chi connectivity index (χ0v) is 15.2. The maximum Gasteiger partial charge on any atom is 0.354 e. The summed E-state index contributed by atoms with van der Waals surface area (Å²) in [5, 5.41) is 0. The van der Waals surface area contributed by atoms with Gasteiger partial charge in [0.1, 0.15) is 5.69 Å². The van der Waals surface area contributed by atoms with E-state index >= 15 is 0 Å². The molecule has 0 fully saturated rings. The number of aryl methyl sites for hydroxylation is 1. The van der Waals surface area contributed by atoms with Crippen molar-refractivity contribution in [1.29, 1.82) is 0 Å². The van der Waals surface area contributed by atoms with E-state index in [4.69, 9.17) is 9.47 Å². The fraction of sp³-hybridized carbons (Fsp3) is 0.588. The van der Waals surface area contributed by atoms with Crippen molar-refractivity contribution >= 4 is 17.7 Å². The Morgan fingerprint density at radius 3 is 2.33 bits per heavy atom. The first-order chi connectivity index (χ1) is 11.3. The van der Waals surface area contributed by atoms with Crippen molar-refractivity contribution in [2.45, 2.75) is 40.2 Å². The smallest absolute Gasteiger partial charge is 0.354 e. The molecule has 0 saturated carbocycles. The average molecular weight is 338 g/mol. The van der Waals surface area contributed by atoms with Crippen LogP contribution in [0.25, 0.3) is 0 Å². The van der Waals surface area contributed by atoms with Crippen molar-refractivity contribution in [3.05, 3.63) is 22.5 Å². The fourth-order valence-corrected chi connectivity index (χ4v) is 2.78. The average Bonchev–Trinajstić information content (AvgIpc) is 2.84. The van der Waals surface area contributed by atoms with Gasteiger partial charge in [-0.3, -0.25) is 9.59 Å². The molecule has 24 heavy (non-hydrogen) atoms. The molecule has 134 valence electrons. The van der Waals surface area contributed by atoms with Gasteiger partial charge in [-0.15, -0.1) is 0 Å². The third kappa shape index (κ3) is 4.23. The van der Waals surface area contributed by atoms with Gasteiger partial charge >= 0.3 is 5.97 Å². The number of ketones is 1. The molecular formula is C17H26N2O5. The second kappa shape index (κ2) is 8.63. The molecular weight excluding hydrogens is 312 g/mol. The molecule has 7 heteroatoms. The molecule has 1 atom stereocenters. The lowest BCUT2D eigenvalue weighted by atomic mass is 9.99. The van der Waals surface area contributed by atoms with Crippen LogP contribution in [0.1, 0.15) is 52.4 Å². The fourth-order valence-electron chi connectivity index (χ4n) is 2.78. The molecule has 7 nitrogen and oxygen atoms in total. The van der Waals surface area contributed by atoms with E-state index in [-0.39, 0.29) is 17.4 Å². The van der Waals surface area contributed by atoms with Crippen molar-refractivity contribution in [2.75, 3.05) is 27.4 Å². The Morgan fingerprint density at radius 2 is 1.83 bits per heavy atom. The number of carbonyl (C=O) groups is 3. The molecule has 0 aliphatic carbocycles. The lowest BCUT2D eigenvalue weighted by Gasteiger charge is -2.27. The normalized spacial score (nSPS) is 11.9. The monoisotopic (exact) mass is 338 g/mol. The van der Waals surface area contributed by atoms with Gasteiger partial charge in [-0.05, 0) is 32.8 Å². The second-order valence-electron chi connectivity index (χ2n) is 5.72. The first-order valence-corrected chi connectivity index (χ1v) is 7.84. The SMILES string of the molecule is COCCCN(C(C)=O)C(C)C(=O)c1c(C)[nH]c(C(=O)OC)c1C. The van der Waals surface area contributed by atoms with Gasteiger partial charge in [0.2, 0.25) is 5.91 Å². The highest BCUT2D eigenvalue weighted by atomic mass is 16.5. The van der Waals surface area contributed by atoms with Crippen LogP contribution in [0.5, 0.6) is 0 Å². The highest BCUT2D eigenvalue weighted by Gasteiger charge is 2.29. The number of methoxy groups -OCH3 is 2. The molecule has 1 heterocycles. The van der Waals surface area contributed by atoms with Gasteiger partial charge in [0.15, 0.2) is 5.78 Å². The zero-order chi connectivity index (χ0) is 18.4. The van der Waals surface area contributed by atoms with Crippen LogP contribution in [-0.4, -0.2) is 61.0 Å². The van der Waals surface area contributed by atoms with E-state index in [9.17, 15) is 14.4 Å². The summed E-state index contributed by atoms with van der Waals surface area (Å²) in [6.45, 7) is 7.50. The molecule has 0 aromatic carbocycles. The van der Waals surface area contributed by atoms with E-state index in [0.29, 0.717) is 36.4 Å². The molecule has 0 aliphatic rings. The maximum absolute atomic E-state index is 12.9. The summed E-state index contributed by atoms with van der Waals surface area (Å²) in [5.41, 5.74) is 1.82. The number of hydrogen-bond acceptors (Lipinski definition) is 5. The van der Waals surface area contributed by atoms with Crippen molar-refractivity contribution in [2.24, 2.45) is 0 Å². The highest BCUT2D eigenvalue weighted by Crippen LogP contribution is 2.22. The van der Waals surface area contributed by atoms with Crippen LogP contribution in [0.3, 0.4) is 0 Å². The topological polar surface area (TPSA) is 88.7 Å². The summed E-state index contributed by atoms with van der Waals surface area (Å²) in [6.07, 6.45) is 0.645. The number of ether oxygens (including phenoxy) is 2. The summed E-state index contributed by atoms with van der Waals surface area (Å²) in [6, 6.07) is -0.627. The number of esters is 1. The highest BCUT2D eigenvalue weighted by molar-refractivity contribution is 6.06. The molecule has 1 unspecified atom stereocenters. The van der Waals surface area contributed by atoms with E-state index in [2.05, 4.69) is 4.98 Å². The van der Waals surface area contributed by atoms with Gasteiger partial charge in [0, 0.05) is 38.4 Å². The van der Waals surface area contributed by atoms with E-state index in [1.165, 1.54) is 18.9 Å². The van der Waals surface area contributed by atoms with Crippen LogP contribution in [0.15, 0.2) is 0 Å². The summed E-state index contributed by atoms with van der Waals surface area (Å²) >= 11 is 0. The van der Waals surface area contributed by atoms with Crippen LogP contribution in [0, 0.1) is 13.8 Å². The molecule has 1 rings (SSSR count). The number of hydrogen-bond donors (Lipinski definition) is 1. The molecule has 1 aromatic heterocycles. The van der Waals surface area contributed by atoms with Crippen LogP contribution in [-0.2, 0) is 14.3 Å². The summed E-state index contributed by atoms with van der Waals surface area (Å²) in [4.78, 5) is 41.0. The van der Waals surface area contributed by atoms with Gasteiger partial charge < -0.3 is 19.4 Å². The molecule has 0 spiro atoms. The predicted octanol–water partition coefficient (Wildman–Crippen LogP) is 1.87. The number of Topliss-reactive ketones (excluding diaryl/α,β-unsaturated/α-hetero) is 1. The van der Waals surface area contributed by atoms with E-state index in [1.54, 1.807) is 27.9 Å². The Bertz CT molecular complexity index is 621. The van der Waals surface area contributed by atoms with E-state index < -0.39 is 12.0 Å². The van der Waals surface area contributed by atoms with Crippen molar-refractivity contribution in [3.63, 3.8) is 0 Å².